The number of rotatable bonds is 11. The highest BCUT2D eigenvalue weighted by Crippen LogP contribution is 2.69. The Morgan fingerprint density at radius 3 is 2.26 bits per heavy atom. The summed E-state index contributed by atoms with van der Waals surface area (Å²) in [7, 11) is 0. The Hall–Kier alpha value is -2.67. The monoisotopic (exact) mass is 923 g/mol. The molecule has 15 nitrogen and oxygen atoms in total. The zero-order valence-corrected chi connectivity index (χ0v) is 40.2. The van der Waals surface area contributed by atoms with E-state index < -0.39 is 124 Å². The quantitative estimate of drug-likeness (QED) is 0.110. The van der Waals surface area contributed by atoms with Crippen LogP contribution in [0.4, 0.5) is 4.39 Å². The first kappa shape index (κ1) is 53.3. The van der Waals surface area contributed by atoms with Gasteiger partial charge in [0.1, 0.15) is 30.6 Å². The predicted molar refractivity (Wildman–Crippen MR) is 238 cm³/mol. The molecule has 5 aliphatic rings. The maximum Gasteiger partial charge on any atom is 0.311 e. The van der Waals surface area contributed by atoms with Gasteiger partial charge in [-0.05, 0) is 115 Å². The van der Waals surface area contributed by atoms with Crippen molar-refractivity contribution in [2.45, 2.75) is 174 Å². The van der Waals surface area contributed by atoms with E-state index in [0.717, 1.165) is 0 Å². The number of carbonyl (C=O) groups is 4. The number of Topliss-reactive ketones (excluding diaryl/α,β-unsaturated/α-hetero) is 1. The fourth-order valence-electron chi connectivity index (χ4n) is 13.4. The summed E-state index contributed by atoms with van der Waals surface area (Å²) < 4.78 is 28.0. The summed E-state index contributed by atoms with van der Waals surface area (Å²) in [6.45, 7) is 17.1. The number of aliphatic hydroxyl groups excluding tert-OH is 5. The SMILES string of the molecule is CC[C@H]1OC(=O)[C@H](C)[C@@H](O)[C@H](C)[C@@H](O)[C@](C)(O)C[C@@H](C)CN(CCCNCCC(=O)O[C@]2(C(=O)CO)[C@H](C)CC3C4C[C@H](F)C5=CC(=O)C=C[C@]5(C)C4[C@@H](O)C[C@@]32C)[C@H](C)[C@@H](O)[C@]1(C)O. The first-order valence-electron chi connectivity index (χ1n) is 23.9. The number of hydrogen-bond donors (Lipinski definition) is 8. The standard InChI is InChI=1S/C49H79FN2O13/c1-11-38-48(10,63)43(60)30(6)52(24-26(2)22-47(9,62)42(59)28(4)41(58)29(5)44(61)64-38)18-12-16-51-17-14-39(57)65-49(37(56)25-53)27(3)19-33-32-21-35(50)34-20-31(54)13-15-45(34,7)40(32)36(55)23-46(33,49)8/h13,15,20,26-30,32-33,35-36,38,40-43,51,53,55,58-60,62-63H,11-12,14,16-19,21-25H2,1-10H3/t26-,27-,28+,29-,30-,32?,33?,35+,36+,38-,40?,41+,42-,43-,45+,46+,47-,48-,49+/m1/s1. The van der Waals surface area contributed by atoms with Crippen LogP contribution in [-0.4, -0.2) is 156 Å². The smallest absolute Gasteiger partial charge is 0.311 e. The lowest BCUT2D eigenvalue weighted by atomic mass is 9.46. The second-order valence-electron chi connectivity index (χ2n) is 21.6. The van der Waals surface area contributed by atoms with Gasteiger partial charge in [-0.25, -0.2) is 4.39 Å². The molecule has 4 fully saturated rings. The number of fused-ring (bicyclic) bond motifs is 5. The number of nitrogens with zero attached hydrogens (tertiary/aromatic N) is 1. The highest BCUT2D eigenvalue weighted by Gasteiger charge is 2.73. The molecule has 1 saturated heterocycles. The van der Waals surface area contributed by atoms with Crippen molar-refractivity contribution in [3.8, 4) is 0 Å². The third-order valence-corrected chi connectivity index (χ3v) is 16.9. The van der Waals surface area contributed by atoms with Gasteiger partial charge < -0.3 is 50.5 Å². The first-order chi connectivity index (χ1) is 30.2. The van der Waals surface area contributed by atoms with E-state index in [9.17, 15) is 54.9 Å². The van der Waals surface area contributed by atoms with Gasteiger partial charge in [-0.1, -0.05) is 47.6 Å². The Morgan fingerprint density at radius 2 is 1.63 bits per heavy atom. The Bertz CT molecular complexity index is 1810. The van der Waals surface area contributed by atoms with Gasteiger partial charge >= 0.3 is 11.9 Å². The number of esters is 2. The summed E-state index contributed by atoms with van der Waals surface area (Å²) in [6, 6.07) is -0.682. The molecule has 3 saturated carbocycles. The molecule has 0 radical (unpaired) electrons. The number of carbonyl (C=O) groups excluding carboxylic acids is 4. The molecule has 0 aromatic heterocycles. The van der Waals surface area contributed by atoms with Gasteiger partial charge in [-0.2, -0.15) is 0 Å². The van der Waals surface area contributed by atoms with Crippen LogP contribution in [0.2, 0.25) is 0 Å². The number of nitrogens with one attached hydrogen (secondary N) is 1. The van der Waals surface area contributed by atoms with Crippen LogP contribution in [0.1, 0.15) is 114 Å². The Balaban J connectivity index is 1.26. The molecule has 16 heteroatoms. The zero-order valence-electron chi connectivity index (χ0n) is 40.2. The number of cyclic esters (lactones) is 1. The van der Waals surface area contributed by atoms with E-state index in [1.807, 2.05) is 25.7 Å². The van der Waals surface area contributed by atoms with Gasteiger partial charge in [-0.3, -0.25) is 24.1 Å². The minimum Gasteiger partial charge on any atom is -0.459 e. The molecule has 0 bridgehead atoms. The highest BCUT2D eigenvalue weighted by atomic mass is 19.1. The van der Waals surface area contributed by atoms with Crippen LogP contribution in [0.25, 0.3) is 0 Å². The van der Waals surface area contributed by atoms with Crippen molar-refractivity contribution in [2.24, 2.45) is 52.3 Å². The lowest BCUT2D eigenvalue weighted by molar-refractivity contribution is -0.206. The Morgan fingerprint density at radius 1 is 0.969 bits per heavy atom. The second-order valence-corrected chi connectivity index (χ2v) is 21.6. The van der Waals surface area contributed by atoms with Gasteiger partial charge in [0.2, 0.25) is 5.78 Å². The number of ether oxygens (including phenoxy) is 2. The maximum atomic E-state index is 16.0. The molecule has 1 heterocycles. The zero-order chi connectivity index (χ0) is 48.8. The molecule has 8 N–H and O–H groups in total. The van der Waals surface area contributed by atoms with Crippen molar-refractivity contribution in [1.82, 2.24) is 10.2 Å². The van der Waals surface area contributed by atoms with E-state index >= 15 is 4.39 Å². The van der Waals surface area contributed by atoms with E-state index in [0.29, 0.717) is 38.0 Å². The summed E-state index contributed by atoms with van der Waals surface area (Å²) >= 11 is 0. The van der Waals surface area contributed by atoms with Crippen LogP contribution in [-0.2, 0) is 28.7 Å². The van der Waals surface area contributed by atoms with Gasteiger partial charge in [-0.15, -0.1) is 0 Å². The number of ketones is 2. The summed E-state index contributed by atoms with van der Waals surface area (Å²) in [5.41, 5.74) is -6.99. The minimum absolute atomic E-state index is 0.0498. The molecule has 3 unspecified atom stereocenters. The molecular weight excluding hydrogens is 844 g/mol. The average Bonchev–Trinajstić information content (AvgIpc) is 3.46. The molecule has 370 valence electrons. The molecule has 4 aliphatic carbocycles. The van der Waals surface area contributed by atoms with Crippen molar-refractivity contribution >= 4 is 23.5 Å². The summed E-state index contributed by atoms with van der Waals surface area (Å²) in [5.74, 6) is -6.40. The molecule has 1 aliphatic heterocycles. The molecule has 0 aromatic rings. The van der Waals surface area contributed by atoms with Crippen LogP contribution < -0.4 is 5.32 Å². The lowest BCUT2D eigenvalue weighted by Crippen LogP contribution is -2.65. The fourth-order valence-corrected chi connectivity index (χ4v) is 13.4. The number of halogens is 1. The summed E-state index contributed by atoms with van der Waals surface area (Å²) in [4.78, 5) is 55.2. The molecular formula is C49H79FN2O13. The number of aliphatic hydroxyl groups is 7. The van der Waals surface area contributed by atoms with E-state index in [2.05, 4.69) is 5.32 Å². The predicted octanol–water partition coefficient (Wildman–Crippen LogP) is 2.58. The maximum absolute atomic E-state index is 16.0. The molecule has 19 atom stereocenters. The van der Waals surface area contributed by atoms with Gasteiger partial charge in [0.25, 0.3) is 0 Å². The molecule has 0 aromatic carbocycles. The molecule has 0 amide bonds. The number of alkyl halides is 1. The van der Waals surface area contributed by atoms with Crippen molar-refractivity contribution < 1.29 is 68.8 Å². The van der Waals surface area contributed by atoms with E-state index in [-0.39, 0.29) is 56.3 Å². The lowest BCUT2D eigenvalue weighted by Gasteiger charge is -2.60. The van der Waals surface area contributed by atoms with Gasteiger partial charge in [0, 0.05) is 47.7 Å². The third-order valence-electron chi connectivity index (χ3n) is 16.9. The average molecular weight is 923 g/mol. The van der Waals surface area contributed by atoms with Gasteiger partial charge in [0.15, 0.2) is 11.4 Å². The molecule has 0 spiro atoms. The topological polar surface area (TPSA) is 244 Å². The molecule has 5 rings (SSSR count). The van der Waals surface area contributed by atoms with Crippen LogP contribution >= 0.6 is 0 Å². The van der Waals surface area contributed by atoms with Crippen LogP contribution in [0.3, 0.4) is 0 Å². The fraction of sp³-hybridized carbons (Fsp3) is 0.837. The van der Waals surface area contributed by atoms with Crippen molar-refractivity contribution in [3.63, 3.8) is 0 Å². The number of hydrogen-bond acceptors (Lipinski definition) is 15. The number of allylic oxidation sites excluding steroid dienone is 4. The largest absolute Gasteiger partial charge is 0.459 e. The van der Waals surface area contributed by atoms with Crippen molar-refractivity contribution in [2.75, 3.05) is 32.8 Å². The minimum atomic E-state index is -1.90. The molecule has 65 heavy (non-hydrogen) atoms. The Labute approximate surface area is 384 Å². The van der Waals surface area contributed by atoms with Crippen molar-refractivity contribution in [1.29, 1.82) is 0 Å². The van der Waals surface area contributed by atoms with Crippen LogP contribution in [0.15, 0.2) is 23.8 Å². The van der Waals surface area contributed by atoms with Gasteiger partial charge in [0.05, 0.1) is 36.3 Å². The normalized spacial score (nSPS) is 46.5. The van der Waals surface area contributed by atoms with E-state index in [1.54, 1.807) is 33.8 Å². The summed E-state index contributed by atoms with van der Waals surface area (Å²) in [6.07, 6.45) is -2.10. The van der Waals surface area contributed by atoms with E-state index in [4.69, 9.17) is 9.47 Å². The summed E-state index contributed by atoms with van der Waals surface area (Å²) in [5, 5.41) is 82.7. The second kappa shape index (κ2) is 20.1. The Kier molecular flexibility index (Phi) is 16.5. The third kappa shape index (κ3) is 9.81. The van der Waals surface area contributed by atoms with E-state index in [1.165, 1.54) is 32.9 Å². The van der Waals surface area contributed by atoms with Crippen molar-refractivity contribution in [3.05, 3.63) is 23.8 Å². The van der Waals surface area contributed by atoms with Crippen LogP contribution in [0.5, 0.6) is 0 Å². The first-order valence-corrected chi connectivity index (χ1v) is 23.9. The highest BCUT2D eigenvalue weighted by molar-refractivity contribution is 6.01. The van der Waals surface area contributed by atoms with Crippen LogP contribution in [0, 0.1) is 52.3 Å².